The molecule has 94 valence electrons. The Morgan fingerprint density at radius 2 is 1.94 bits per heavy atom. The first kappa shape index (κ1) is 13.6. The van der Waals surface area contributed by atoms with E-state index in [0.717, 1.165) is 18.4 Å². The van der Waals surface area contributed by atoms with E-state index in [4.69, 9.17) is 5.11 Å². The first-order valence-corrected chi connectivity index (χ1v) is 6.28. The number of carboxylic acid groups (broad SMARTS) is 1. The molecule has 1 aromatic carbocycles. The highest BCUT2D eigenvalue weighted by Crippen LogP contribution is 2.19. The van der Waals surface area contributed by atoms with Crippen LogP contribution in [0.15, 0.2) is 30.3 Å². The van der Waals surface area contributed by atoms with Crippen LogP contribution in [0.5, 0.6) is 0 Å². The fourth-order valence-electron chi connectivity index (χ4n) is 1.93. The second-order valence-corrected chi connectivity index (χ2v) is 4.26. The molecular formula is C14H21NO2. The molecule has 0 aliphatic carbocycles. The van der Waals surface area contributed by atoms with Gasteiger partial charge in [0.15, 0.2) is 0 Å². The van der Waals surface area contributed by atoms with Gasteiger partial charge < -0.3 is 10.4 Å². The molecule has 1 aromatic rings. The molecule has 1 unspecified atom stereocenters. The van der Waals surface area contributed by atoms with Crippen LogP contribution in [0.25, 0.3) is 0 Å². The van der Waals surface area contributed by atoms with E-state index in [9.17, 15) is 4.79 Å². The predicted octanol–water partition coefficient (Wildman–Crippen LogP) is 3.97. The Morgan fingerprint density at radius 1 is 1.24 bits per heavy atom. The van der Waals surface area contributed by atoms with E-state index in [-0.39, 0.29) is 6.04 Å². The van der Waals surface area contributed by atoms with Gasteiger partial charge in [-0.1, -0.05) is 62.9 Å². The molecule has 3 nitrogen and oxygen atoms in total. The highest BCUT2D eigenvalue weighted by Gasteiger charge is 2.12. The van der Waals surface area contributed by atoms with Crippen molar-refractivity contribution in [1.82, 2.24) is 5.32 Å². The first-order chi connectivity index (χ1) is 8.24. The third-order valence-corrected chi connectivity index (χ3v) is 2.85. The van der Waals surface area contributed by atoms with Crippen molar-refractivity contribution in [2.24, 2.45) is 0 Å². The van der Waals surface area contributed by atoms with Crippen LogP contribution in [0.4, 0.5) is 4.79 Å². The Kier molecular flexibility index (Phi) is 6.15. The van der Waals surface area contributed by atoms with Gasteiger partial charge in [-0.05, 0) is 12.0 Å². The molecule has 17 heavy (non-hydrogen) atoms. The van der Waals surface area contributed by atoms with E-state index in [1.165, 1.54) is 19.3 Å². The number of carbonyl (C=O) groups is 1. The quantitative estimate of drug-likeness (QED) is 0.703. The summed E-state index contributed by atoms with van der Waals surface area (Å²) in [5.41, 5.74) is 1.05. The van der Waals surface area contributed by atoms with Crippen LogP contribution >= 0.6 is 0 Å². The van der Waals surface area contributed by atoms with Crippen LogP contribution in [0.1, 0.15) is 50.6 Å². The average molecular weight is 235 g/mol. The summed E-state index contributed by atoms with van der Waals surface area (Å²) in [4.78, 5) is 10.8. The molecule has 0 radical (unpaired) electrons. The van der Waals surface area contributed by atoms with E-state index < -0.39 is 6.09 Å². The minimum absolute atomic E-state index is 0.0782. The molecule has 0 fully saturated rings. The molecule has 0 aliphatic rings. The highest BCUT2D eigenvalue weighted by molar-refractivity contribution is 5.65. The zero-order valence-corrected chi connectivity index (χ0v) is 10.4. The van der Waals surface area contributed by atoms with Crippen molar-refractivity contribution in [2.45, 2.75) is 45.1 Å². The standard InChI is InChI=1S/C14H21NO2/c1-2-3-4-8-11-13(15-14(16)17)12-9-6-5-7-10-12/h5-7,9-10,13,15H,2-4,8,11H2,1H3,(H,16,17). The van der Waals surface area contributed by atoms with Gasteiger partial charge in [0.05, 0.1) is 6.04 Å². The number of hydrogen-bond donors (Lipinski definition) is 2. The average Bonchev–Trinajstić information content (AvgIpc) is 2.34. The molecule has 0 spiro atoms. The number of hydrogen-bond acceptors (Lipinski definition) is 1. The molecule has 2 N–H and O–H groups in total. The molecule has 0 heterocycles. The lowest BCUT2D eigenvalue weighted by atomic mass is 10.0. The van der Waals surface area contributed by atoms with Crippen LogP contribution < -0.4 is 5.32 Å². The number of amides is 1. The van der Waals surface area contributed by atoms with E-state index in [1.807, 2.05) is 30.3 Å². The smallest absolute Gasteiger partial charge is 0.405 e. The molecule has 1 atom stereocenters. The third kappa shape index (κ3) is 5.38. The van der Waals surface area contributed by atoms with Gasteiger partial charge in [0, 0.05) is 0 Å². The van der Waals surface area contributed by atoms with Crippen LogP contribution in [0, 0.1) is 0 Å². The van der Waals surface area contributed by atoms with Crippen molar-refractivity contribution >= 4 is 6.09 Å². The third-order valence-electron chi connectivity index (χ3n) is 2.85. The lowest BCUT2D eigenvalue weighted by Crippen LogP contribution is -2.26. The van der Waals surface area contributed by atoms with Gasteiger partial charge in [-0.25, -0.2) is 4.79 Å². The molecule has 0 bridgehead atoms. The SMILES string of the molecule is CCCCCCC(NC(=O)O)c1ccccc1. The van der Waals surface area contributed by atoms with E-state index >= 15 is 0 Å². The van der Waals surface area contributed by atoms with Crippen molar-refractivity contribution in [3.8, 4) is 0 Å². The zero-order valence-electron chi connectivity index (χ0n) is 10.4. The topological polar surface area (TPSA) is 49.3 Å². The Morgan fingerprint density at radius 3 is 2.53 bits per heavy atom. The molecule has 0 saturated heterocycles. The molecule has 0 saturated carbocycles. The van der Waals surface area contributed by atoms with E-state index in [1.54, 1.807) is 0 Å². The van der Waals surface area contributed by atoms with Gasteiger partial charge in [-0.15, -0.1) is 0 Å². The molecular weight excluding hydrogens is 214 g/mol. The maximum absolute atomic E-state index is 10.8. The van der Waals surface area contributed by atoms with Crippen molar-refractivity contribution in [1.29, 1.82) is 0 Å². The van der Waals surface area contributed by atoms with Crippen molar-refractivity contribution in [3.63, 3.8) is 0 Å². The molecule has 1 rings (SSSR count). The largest absolute Gasteiger partial charge is 0.465 e. The van der Waals surface area contributed by atoms with Gasteiger partial charge in [0.1, 0.15) is 0 Å². The summed E-state index contributed by atoms with van der Waals surface area (Å²) in [5, 5.41) is 11.4. The summed E-state index contributed by atoms with van der Waals surface area (Å²) in [6, 6.07) is 9.69. The Hall–Kier alpha value is -1.51. The van der Waals surface area contributed by atoms with Gasteiger partial charge >= 0.3 is 6.09 Å². The maximum atomic E-state index is 10.8. The van der Waals surface area contributed by atoms with Crippen LogP contribution in [-0.2, 0) is 0 Å². The lowest BCUT2D eigenvalue weighted by molar-refractivity contribution is 0.189. The Labute approximate surface area is 103 Å². The molecule has 0 aliphatic heterocycles. The predicted molar refractivity (Wildman–Crippen MR) is 69.1 cm³/mol. The monoisotopic (exact) mass is 235 g/mol. The van der Waals surface area contributed by atoms with Gasteiger partial charge in [0.25, 0.3) is 0 Å². The van der Waals surface area contributed by atoms with Gasteiger partial charge in [0.2, 0.25) is 0 Å². The zero-order chi connectivity index (χ0) is 12.5. The molecule has 1 amide bonds. The van der Waals surface area contributed by atoms with E-state index in [0.29, 0.717) is 0 Å². The summed E-state index contributed by atoms with van der Waals surface area (Å²) < 4.78 is 0. The second-order valence-electron chi connectivity index (χ2n) is 4.26. The Balaban J connectivity index is 2.52. The second kappa shape index (κ2) is 7.71. The van der Waals surface area contributed by atoms with Crippen molar-refractivity contribution in [2.75, 3.05) is 0 Å². The Bertz CT molecular complexity index is 324. The van der Waals surface area contributed by atoms with Crippen molar-refractivity contribution < 1.29 is 9.90 Å². The van der Waals surface area contributed by atoms with Crippen molar-refractivity contribution in [3.05, 3.63) is 35.9 Å². The maximum Gasteiger partial charge on any atom is 0.405 e. The lowest BCUT2D eigenvalue weighted by Gasteiger charge is -2.17. The highest BCUT2D eigenvalue weighted by atomic mass is 16.4. The minimum Gasteiger partial charge on any atom is -0.465 e. The summed E-state index contributed by atoms with van der Waals surface area (Å²) >= 11 is 0. The first-order valence-electron chi connectivity index (χ1n) is 6.28. The van der Waals surface area contributed by atoms with Crippen LogP contribution in [0.3, 0.4) is 0 Å². The van der Waals surface area contributed by atoms with Gasteiger partial charge in [-0.2, -0.15) is 0 Å². The number of unbranched alkanes of at least 4 members (excludes halogenated alkanes) is 3. The van der Waals surface area contributed by atoms with E-state index in [2.05, 4.69) is 12.2 Å². The number of benzene rings is 1. The fourth-order valence-corrected chi connectivity index (χ4v) is 1.93. The molecule has 0 aromatic heterocycles. The van der Waals surface area contributed by atoms with Gasteiger partial charge in [-0.3, -0.25) is 0 Å². The number of rotatable bonds is 7. The summed E-state index contributed by atoms with van der Waals surface area (Å²) in [6.45, 7) is 2.17. The van der Waals surface area contributed by atoms with Crippen LogP contribution in [0.2, 0.25) is 0 Å². The minimum atomic E-state index is -0.950. The normalized spacial score (nSPS) is 12.1. The summed E-state index contributed by atoms with van der Waals surface area (Å²) in [6.07, 6.45) is 4.57. The summed E-state index contributed by atoms with van der Waals surface area (Å²) in [7, 11) is 0. The fraction of sp³-hybridized carbons (Fsp3) is 0.500. The number of nitrogens with one attached hydrogen (secondary N) is 1. The molecule has 3 heteroatoms. The summed E-state index contributed by atoms with van der Waals surface area (Å²) in [5.74, 6) is 0. The van der Waals surface area contributed by atoms with Crippen LogP contribution in [-0.4, -0.2) is 11.2 Å².